The minimum absolute atomic E-state index is 0.00584. The van der Waals surface area contributed by atoms with E-state index in [0.29, 0.717) is 0 Å². The van der Waals surface area contributed by atoms with Crippen LogP contribution in [0.4, 0.5) is 0 Å². The summed E-state index contributed by atoms with van der Waals surface area (Å²) in [6.45, 7) is -0.757. The fourth-order valence-electron chi connectivity index (χ4n) is 3.73. The summed E-state index contributed by atoms with van der Waals surface area (Å²) in [5, 5.41) is 79.6. The van der Waals surface area contributed by atoms with Crippen LogP contribution in [0.25, 0.3) is 22.3 Å². The van der Waals surface area contributed by atoms with Crippen LogP contribution in [-0.4, -0.2) is 85.3 Å². The molecule has 5 atom stereocenters. The van der Waals surface area contributed by atoms with Gasteiger partial charge < -0.3 is 59.5 Å². The lowest BCUT2D eigenvalue weighted by atomic mass is 9.99. The van der Waals surface area contributed by atoms with Crippen molar-refractivity contribution >= 4 is 11.0 Å². The molecule has 1 saturated heterocycles. The van der Waals surface area contributed by atoms with Crippen LogP contribution in [0.1, 0.15) is 0 Å². The van der Waals surface area contributed by atoms with Crippen molar-refractivity contribution in [2.45, 2.75) is 30.7 Å². The molecule has 0 radical (unpaired) electrons. The van der Waals surface area contributed by atoms with Crippen LogP contribution in [0.3, 0.4) is 0 Å². The van der Waals surface area contributed by atoms with Crippen LogP contribution in [0.5, 0.6) is 34.5 Å². The first-order valence-electron chi connectivity index (χ1n) is 10.2. The molecular formula is C22H22O13. The van der Waals surface area contributed by atoms with Crippen LogP contribution in [0.2, 0.25) is 0 Å². The second-order valence-corrected chi connectivity index (χ2v) is 7.76. The van der Waals surface area contributed by atoms with Crippen LogP contribution in [-0.2, 0) is 4.74 Å². The van der Waals surface area contributed by atoms with Crippen LogP contribution in [0, 0.1) is 0 Å². The Kier molecular flexibility index (Phi) is 6.36. The summed E-state index contributed by atoms with van der Waals surface area (Å²) in [4.78, 5) is 13.5. The van der Waals surface area contributed by atoms with E-state index >= 15 is 0 Å². The zero-order valence-electron chi connectivity index (χ0n) is 18.0. The zero-order valence-corrected chi connectivity index (χ0v) is 18.0. The Morgan fingerprint density at radius 1 is 0.914 bits per heavy atom. The third-order valence-corrected chi connectivity index (χ3v) is 5.57. The molecule has 8 N–H and O–H groups in total. The topological polar surface area (TPSA) is 220 Å². The highest BCUT2D eigenvalue weighted by molar-refractivity contribution is 5.91. The van der Waals surface area contributed by atoms with Gasteiger partial charge in [-0.15, -0.1) is 0 Å². The summed E-state index contributed by atoms with van der Waals surface area (Å²) in [5.41, 5.74) is -1.34. The summed E-state index contributed by atoms with van der Waals surface area (Å²) in [5.74, 6) is -3.87. The van der Waals surface area contributed by atoms with Gasteiger partial charge in [-0.05, 0) is 18.2 Å². The third-order valence-electron chi connectivity index (χ3n) is 5.57. The monoisotopic (exact) mass is 494 g/mol. The Balaban J connectivity index is 1.95. The van der Waals surface area contributed by atoms with Crippen LogP contribution < -0.4 is 14.9 Å². The second kappa shape index (κ2) is 9.13. The Hall–Kier alpha value is -3.75. The van der Waals surface area contributed by atoms with E-state index in [1.54, 1.807) is 0 Å². The van der Waals surface area contributed by atoms with Gasteiger partial charge in [-0.25, -0.2) is 0 Å². The van der Waals surface area contributed by atoms with Gasteiger partial charge in [0.25, 0.3) is 0 Å². The molecule has 1 fully saturated rings. The average Bonchev–Trinajstić information content (AvgIpc) is 2.82. The number of ether oxygens (including phenoxy) is 3. The van der Waals surface area contributed by atoms with Crippen molar-refractivity contribution in [1.82, 2.24) is 0 Å². The van der Waals surface area contributed by atoms with Gasteiger partial charge >= 0.3 is 0 Å². The summed E-state index contributed by atoms with van der Waals surface area (Å²) in [7, 11) is 1.14. The van der Waals surface area contributed by atoms with Crippen molar-refractivity contribution in [1.29, 1.82) is 0 Å². The second-order valence-electron chi connectivity index (χ2n) is 7.76. The van der Waals surface area contributed by atoms with Crippen LogP contribution in [0.15, 0.2) is 33.5 Å². The maximum atomic E-state index is 13.5. The zero-order chi connectivity index (χ0) is 25.6. The molecule has 1 aliphatic rings. The molecule has 3 aromatic rings. The minimum Gasteiger partial charge on any atom is -0.504 e. The summed E-state index contributed by atoms with van der Waals surface area (Å²) < 4.78 is 21.5. The molecule has 2 aromatic carbocycles. The number of benzene rings is 2. The minimum atomic E-state index is -1.88. The molecule has 35 heavy (non-hydrogen) atoms. The number of hydrogen-bond donors (Lipinski definition) is 8. The molecular weight excluding hydrogens is 472 g/mol. The molecule has 4 rings (SSSR count). The number of aliphatic hydroxyl groups excluding tert-OH is 4. The molecule has 2 heterocycles. The Morgan fingerprint density at radius 3 is 2.26 bits per heavy atom. The predicted octanol–water partition coefficient (Wildman–Crippen LogP) is -0.530. The highest BCUT2D eigenvalue weighted by Crippen LogP contribution is 2.44. The van der Waals surface area contributed by atoms with Gasteiger partial charge in [0.1, 0.15) is 35.4 Å². The molecule has 13 heteroatoms. The third kappa shape index (κ3) is 4.05. The van der Waals surface area contributed by atoms with E-state index in [-0.39, 0.29) is 16.9 Å². The van der Waals surface area contributed by atoms with E-state index in [2.05, 4.69) is 0 Å². The lowest BCUT2D eigenvalue weighted by molar-refractivity contribution is -0.277. The average molecular weight is 494 g/mol. The fourth-order valence-corrected chi connectivity index (χ4v) is 3.73. The Bertz CT molecular complexity index is 1320. The number of phenols is 4. The molecule has 0 bridgehead atoms. The highest BCUT2D eigenvalue weighted by Gasteiger charge is 2.45. The molecule has 188 valence electrons. The smallest absolute Gasteiger partial charge is 0.239 e. The maximum Gasteiger partial charge on any atom is 0.239 e. The van der Waals surface area contributed by atoms with E-state index in [1.165, 1.54) is 6.07 Å². The van der Waals surface area contributed by atoms with Gasteiger partial charge in [0.2, 0.25) is 23.2 Å². The summed E-state index contributed by atoms with van der Waals surface area (Å²) in [6.07, 6.45) is -8.53. The number of hydrogen-bond acceptors (Lipinski definition) is 13. The summed E-state index contributed by atoms with van der Waals surface area (Å²) in [6, 6.07) is 4.37. The number of aliphatic hydroxyl groups is 4. The highest BCUT2D eigenvalue weighted by atomic mass is 16.7. The molecule has 1 aromatic heterocycles. The predicted molar refractivity (Wildman–Crippen MR) is 116 cm³/mol. The normalized spacial score (nSPS) is 24.4. The van der Waals surface area contributed by atoms with Crippen LogP contribution >= 0.6 is 0 Å². The first kappa shape index (κ1) is 24.4. The van der Waals surface area contributed by atoms with E-state index in [4.69, 9.17) is 18.6 Å². The number of fused-ring (bicyclic) bond motifs is 1. The van der Waals surface area contributed by atoms with Crippen molar-refractivity contribution in [3.8, 4) is 45.8 Å². The van der Waals surface area contributed by atoms with Crippen molar-refractivity contribution in [3.63, 3.8) is 0 Å². The van der Waals surface area contributed by atoms with Crippen molar-refractivity contribution in [2.24, 2.45) is 0 Å². The van der Waals surface area contributed by atoms with Gasteiger partial charge in [0.05, 0.1) is 13.7 Å². The first-order chi connectivity index (χ1) is 16.6. The number of phenolic OH excluding ortho intramolecular Hbond substituents is 4. The van der Waals surface area contributed by atoms with Gasteiger partial charge in [0.15, 0.2) is 28.8 Å². The number of rotatable bonds is 5. The molecule has 0 amide bonds. The number of methoxy groups -OCH3 is 1. The lowest BCUT2D eigenvalue weighted by Crippen LogP contribution is -2.60. The van der Waals surface area contributed by atoms with Gasteiger partial charge in [-0.3, -0.25) is 4.79 Å². The van der Waals surface area contributed by atoms with Gasteiger partial charge in [-0.2, -0.15) is 0 Å². The maximum absolute atomic E-state index is 13.5. The lowest BCUT2D eigenvalue weighted by Gasteiger charge is -2.39. The molecule has 13 nitrogen and oxygen atoms in total. The quantitative estimate of drug-likeness (QED) is 0.209. The van der Waals surface area contributed by atoms with E-state index < -0.39 is 82.6 Å². The molecule has 0 spiro atoms. The Morgan fingerprint density at radius 2 is 1.63 bits per heavy atom. The SMILES string of the molecule is COc1c(O)cc2oc(-c3ccc(O)c(O)c3)c(O[C@@H]3O[C@H](CO)[C@H](O)C(O)C3O)c(=O)c2c1O. The van der Waals surface area contributed by atoms with Crippen molar-refractivity contribution in [2.75, 3.05) is 13.7 Å². The van der Waals surface area contributed by atoms with Gasteiger partial charge in [-0.1, -0.05) is 0 Å². The van der Waals surface area contributed by atoms with Crippen molar-refractivity contribution in [3.05, 3.63) is 34.5 Å². The van der Waals surface area contributed by atoms with Crippen molar-refractivity contribution < 1.29 is 59.5 Å². The number of aromatic hydroxyl groups is 4. The summed E-state index contributed by atoms with van der Waals surface area (Å²) >= 11 is 0. The van der Waals surface area contributed by atoms with E-state index in [9.17, 15) is 45.6 Å². The Labute approximate surface area is 195 Å². The van der Waals surface area contributed by atoms with E-state index in [0.717, 1.165) is 25.3 Å². The molecule has 1 aliphatic heterocycles. The van der Waals surface area contributed by atoms with Gasteiger partial charge in [0, 0.05) is 11.6 Å². The fraction of sp³-hybridized carbons (Fsp3) is 0.318. The van der Waals surface area contributed by atoms with E-state index in [1.807, 2.05) is 0 Å². The molecule has 0 saturated carbocycles. The first-order valence-corrected chi connectivity index (χ1v) is 10.2. The molecule has 0 aliphatic carbocycles. The molecule has 2 unspecified atom stereocenters. The largest absolute Gasteiger partial charge is 0.504 e. The standard InChI is InChI=1S/C22H22O13/c1-32-20-10(26)5-11-13(15(20)28)16(29)21(19(33-11)7-2-3-8(24)9(25)4-7)35-22-18(31)17(30)14(27)12(6-23)34-22/h2-5,12,14,17-18,22-28,30-31H,6H2,1H3/t12-,14+,17?,18?,22+/m1/s1.